The number of halogens is 1. The summed E-state index contributed by atoms with van der Waals surface area (Å²) in [5.41, 5.74) is 2.27. The van der Waals surface area contributed by atoms with Crippen LogP contribution in [0.25, 0.3) is 0 Å². The Labute approximate surface area is 168 Å². The SMILES string of the molecule is COCC(=O)N1CCc2[nH]cnc2C12CCN(C(=O)Cc1ccc(F)cc1)CC2. The molecule has 2 aromatic rings. The first-order chi connectivity index (χ1) is 14.0. The number of fused-ring (bicyclic) bond motifs is 2. The summed E-state index contributed by atoms with van der Waals surface area (Å²) in [6.45, 7) is 1.74. The van der Waals surface area contributed by atoms with Gasteiger partial charge in [0.15, 0.2) is 0 Å². The molecule has 8 heteroatoms. The number of hydrogen-bond acceptors (Lipinski definition) is 4. The van der Waals surface area contributed by atoms with E-state index in [0.717, 1.165) is 23.4 Å². The van der Waals surface area contributed by atoms with Gasteiger partial charge < -0.3 is 19.5 Å². The Hall–Kier alpha value is -2.74. The quantitative estimate of drug-likeness (QED) is 0.846. The number of nitrogens with zero attached hydrogens (tertiary/aromatic N) is 3. The molecule has 1 aromatic carbocycles. The van der Waals surface area contributed by atoms with Crippen molar-refractivity contribution in [3.05, 3.63) is 53.4 Å². The Morgan fingerprint density at radius 1 is 1.17 bits per heavy atom. The molecule has 7 nitrogen and oxygen atoms in total. The Kier molecular flexibility index (Phi) is 5.36. The monoisotopic (exact) mass is 400 g/mol. The van der Waals surface area contributed by atoms with Gasteiger partial charge in [-0.3, -0.25) is 9.59 Å². The van der Waals surface area contributed by atoms with Crippen molar-refractivity contribution in [2.75, 3.05) is 33.4 Å². The van der Waals surface area contributed by atoms with Crippen LogP contribution in [-0.4, -0.2) is 64.9 Å². The van der Waals surface area contributed by atoms with Gasteiger partial charge in [-0.1, -0.05) is 12.1 Å². The van der Waals surface area contributed by atoms with Gasteiger partial charge in [-0.25, -0.2) is 9.37 Å². The molecule has 0 atom stereocenters. The van der Waals surface area contributed by atoms with Gasteiger partial charge in [-0.15, -0.1) is 0 Å². The molecule has 0 saturated carbocycles. The number of carbonyl (C=O) groups excluding carboxylic acids is 2. The average Bonchev–Trinajstić information content (AvgIpc) is 3.21. The zero-order valence-corrected chi connectivity index (χ0v) is 16.5. The summed E-state index contributed by atoms with van der Waals surface area (Å²) in [5, 5.41) is 0. The number of benzene rings is 1. The molecule has 0 radical (unpaired) electrons. The van der Waals surface area contributed by atoms with E-state index in [9.17, 15) is 14.0 Å². The van der Waals surface area contributed by atoms with Crippen LogP contribution in [0.1, 0.15) is 29.8 Å². The minimum absolute atomic E-state index is 0.0132. The van der Waals surface area contributed by atoms with Gasteiger partial charge in [0.05, 0.1) is 24.0 Å². The number of rotatable bonds is 4. The van der Waals surface area contributed by atoms with Crippen molar-refractivity contribution >= 4 is 11.8 Å². The number of nitrogens with one attached hydrogen (secondary N) is 1. The fraction of sp³-hybridized carbons (Fsp3) is 0.476. The van der Waals surface area contributed by atoms with E-state index in [0.29, 0.717) is 32.5 Å². The van der Waals surface area contributed by atoms with Gasteiger partial charge >= 0.3 is 0 Å². The Balaban J connectivity index is 1.50. The molecule has 2 aliphatic heterocycles. The van der Waals surface area contributed by atoms with Crippen molar-refractivity contribution < 1.29 is 18.7 Å². The molecule has 1 saturated heterocycles. The van der Waals surface area contributed by atoms with Crippen molar-refractivity contribution in [3.8, 4) is 0 Å². The predicted octanol–water partition coefficient (Wildman–Crippen LogP) is 1.64. The fourth-order valence-electron chi connectivity index (χ4n) is 4.56. The maximum absolute atomic E-state index is 13.1. The maximum atomic E-state index is 13.1. The maximum Gasteiger partial charge on any atom is 0.249 e. The topological polar surface area (TPSA) is 78.5 Å². The molecular weight excluding hydrogens is 375 g/mol. The van der Waals surface area contributed by atoms with Gasteiger partial charge in [-0.05, 0) is 30.5 Å². The Morgan fingerprint density at radius 2 is 1.90 bits per heavy atom. The van der Waals surface area contributed by atoms with Crippen LogP contribution in [0, 0.1) is 5.82 Å². The standard InChI is InChI=1S/C21H25FN4O3/c1-29-13-19(28)26-9-6-17-20(24-14-23-17)21(26)7-10-25(11-8-21)18(27)12-15-2-4-16(22)5-3-15/h2-5,14H,6-13H2,1H3,(H,23,24). The minimum atomic E-state index is -0.504. The van der Waals surface area contributed by atoms with Gasteiger partial charge in [0, 0.05) is 38.9 Å². The number of ether oxygens (including phenoxy) is 1. The first-order valence-electron chi connectivity index (χ1n) is 9.88. The van der Waals surface area contributed by atoms with E-state index in [2.05, 4.69) is 9.97 Å². The lowest BCUT2D eigenvalue weighted by atomic mass is 9.78. The molecule has 29 heavy (non-hydrogen) atoms. The Bertz CT molecular complexity index is 888. The molecule has 0 aliphatic carbocycles. The summed E-state index contributed by atoms with van der Waals surface area (Å²) in [6, 6.07) is 6.02. The molecule has 0 unspecified atom stereocenters. The molecule has 1 fully saturated rings. The van der Waals surface area contributed by atoms with E-state index in [-0.39, 0.29) is 30.7 Å². The van der Waals surface area contributed by atoms with Crippen LogP contribution < -0.4 is 0 Å². The number of imidazole rings is 1. The van der Waals surface area contributed by atoms with Gasteiger partial charge in [0.1, 0.15) is 12.4 Å². The number of H-pyrrole nitrogens is 1. The van der Waals surface area contributed by atoms with Crippen LogP contribution >= 0.6 is 0 Å². The molecule has 1 N–H and O–H groups in total. The number of aromatic nitrogens is 2. The van der Waals surface area contributed by atoms with Crippen LogP contribution in [0.2, 0.25) is 0 Å². The summed E-state index contributed by atoms with van der Waals surface area (Å²) >= 11 is 0. The predicted molar refractivity (Wildman–Crippen MR) is 103 cm³/mol. The van der Waals surface area contributed by atoms with Gasteiger partial charge in [0.2, 0.25) is 11.8 Å². The molecule has 1 aromatic heterocycles. The highest BCUT2D eigenvalue weighted by atomic mass is 19.1. The second-order valence-corrected chi connectivity index (χ2v) is 7.67. The van der Waals surface area contributed by atoms with Gasteiger partial charge in [-0.2, -0.15) is 0 Å². The Morgan fingerprint density at radius 3 is 2.59 bits per heavy atom. The number of piperidine rings is 1. The summed E-state index contributed by atoms with van der Waals surface area (Å²) in [7, 11) is 1.52. The van der Waals surface area contributed by atoms with Crippen LogP contribution in [0.3, 0.4) is 0 Å². The normalized spacial score (nSPS) is 18.0. The number of hydrogen-bond donors (Lipinski definition) is 1. The lowest BCUT2D eigenvalue weighted by Gasteiger charge is -2.50. The number of carbonyl (C=O) groups is 2. The largest absolute Gasteiger partial charge is 0.375 e. The molecule has 2 aliphatic rings. The second-order valence-electron chi connectivity index (χ2n) is 7.67. The third-order valence-electron chi connectivity index (χ3n) is 6.04. The van der Waals surface area contributed by atoms with Crippen molar-refractivity contribution in [1.29, 1.82) is 0 Å². The van der Waals surface area contributed by atoms with Crippen LogP contribution in [0.4, 0.5) is 4.39 Å². The number of likely N-dealkylation sites (tertiary alicyclic amines) is 1. The average molecular weight is 400 g/mol. The zero-order valence-electron chi connectivity index (χ0n) is 16.5. The minimum Gasteiger partial charge on any atom is -0.375 e. The van der Waals surface area contributed by atoms with Crippen LogP contribution in [0.5, 0.6) is 0 Å². The molecule has 154 valence electrons. The third-order valence-corrected chi connectivity index (χ3v) is 6.04. The summed E-state index contributed by atoms with van der Waals surface area (Å²) in [6.07, 6.45) is 3.93. The highest BCUT2D eigenvalue weighted by Crippen LogP contribution is 2.42. The summed E-state index contributed by atoms with van der Waals surface area (Å²) in [4.78, 5) is 36.9. The smallest absolute Gasteiger partial charge is 0.249 e. The highest BCUT2D eigenvalue weighted by molar-refractivity contribution is 5.80. The molecular formula is C21H25FN4O3. The molecule has 0 bridgehead atoms. The summed E-state index contributed by atoms with van der Waals surface area (Å²) < 4.78 is 18.2. The number of amides is 2. The van der Waals surface area contributed by atoms with E-state index in [1.54, 1.807) is 18.5 Å². The fourth-order valence-corrected chi connectivity index (χ4v) is 4.56. The van der Waals surface area contributed by atoms with E-state index in [1.807, 2.05) is 9.80 Å². The number of methoxy groups -OCH3 is 1. The van der Waals surface area contributed by atoms with E-state index in [4.69, 9.17) is 4.74 Å². The molecule has 1 spiro atoms. The zero-order chi connectivity index (χ0) is 20.4. The molecule has 4 rings (SSSR count). The van der Waals surface area contributed by atoms with Crippen LogP contribution in [0.15, 0.2) is 30.6 Å². The van der Waals surface area contributed by atoms with Crippen molar-refractivity contribution in [3.63, 3.8) is 0 Å². The van der Waals surface area contributed by atoms with E-state index >= 15 is 0 Å². The first-order valence-corrected chi connectivity index (χ1v) is 9.88. The van der Waals surface area contributed by atoms with E-state index in [1.165, 1.54) is 19.2 Å². The third kappa shape index (κ3) is 3.64. The van der Waals surface area contributed by atoms with Crippen molar-refractivity contribution in [2.45, 2.75) is 31.2 Å². The highest BCUT2D eigenvalue weighted by Gasteiger charge is 2.48. The lowest BCUT2D eigenvalue weighted by Crippen LogP contribution is -2.59. The second kappa shape index (κ2) is 7.94. The van der Waals surface area contributed by atoms with E-state index < -0.39 is 5.54 Å². The molecule has 3 heterocycles. The summed E-state index contributed by atoms with van der Waals surface area (Å²) in [5.74, 6) is -0.347. The molecule has 2 amide bonds. The van der Waals surface area contributed by atoms with Crippen LogP contribution in [-0.2, 0) is 32.7 Å². The number of aromatic amines is 1. The van der Waals surface area contributed by atoms with Crippen molar-refractivity contribution in [2.24, 2.45) is 0 Å². The van der Waals surface area contributed by atoms with Gasteiger partial charge in [0.25, 0.3) is 0 Å². The first kappa shape index (κ1) is 19.6. The lowest BCUT2D eigenvalue weighted by molar-refractivity contribution is -0.147. The van der Waals surface area contributed by atoms with Crippen molar-refractivity contribution in [1.82, 2.24) is 19.8 Å².